The van der Waals surface area contributed by atoms with Gasteiger partial charge in [0.15, 0.2) is 11.6 Å². The monoisotopic (exact) mass is 986 g/mol. The van der Waals surface area contributed by atoms with Crippen molar-refractivity contribution >= 4 is 29.2 Å². The first-order valence-electron chi connectivity index (χ1n) is 25.9. The third kappa shape index (κ3) is 16.0. The second-order valence-corrected chi connectivity index (χ2v) is 21.1. The maximum atomic E-state index is 14.5. The van der Waals surface area contributed by atoms with Crippen LogP contribution in [0.2, 0.25) is 0 Å². The van der Waals surface area contributed by atoms with Crippen LogP contribution in [0.1, 0.15) is 132 Å². The number of aliphatic hydroxyl groups is 2. The third-order valence-electron chi connectivity index (χ3n) is 15.1. The lowest BCUT2D eigenvalue weighted by Crippen LogP contribution is -2.61. The second kappa shape index (κ2) is 28.2. The highest BCUT2D eigenvalue weighted by Crippen LogP contribution is 2.38. The molecule has 1 aliphatic carbocycles. The van der Waals surface area contributed by atoms with Crippen molar-refractivity contribution in [1.29, 1.82) is 0 Å². The Bertz CT molecular complexity index is 1840. The normalized spacial score (nSPS) is 29.1. The number of Topliss-reactive ketones (excluding diaryl/α,β-unsaturated/α-hetero) is 3. The van der Waals surface area contributed by atoms with Crippen LogP contribution < -0.4 is 0 Å². The molecule has 1 amide bonds. The molecule has 15 nitrogen and oxygen atoms in total. The minimum atomic E-state index is -2.43. The van der Waals surface area contributed by atoms with Crippen molar-refractivity contribution in [1.82, 2.24) is 4.90 Å². The van der Waals surface area contributed by atoms with Crippen molar-refractivity contribution in [3.63, 3.8) is 0 Å². The smallest absolute Gasteiger partial charge is 0.329 e. The highest BCUT2D eigenvalue weighted by molar-refractivity contribution is 6.39. The van der Waals surface area contributed by atoms with Crippen molar-refractivity contribution in [2.24, 2.45) is 35.5 Å². The average Bonchev–Trinajstić information content (AvgIpc) is 3.32. The van der Waals surface area contributed by atoms with Gasteiger partial charge in [-0.15, -0.1) is 0 Å². The molecule has 3 saturated heterocycles. The Morgan fingerprint density at radius 3 is 2.23 bits per heavy atom. The fourth-order valence-electron chi connectivity index (χ4n) is 10.6. The molecule has 396 valence electrons. The first kappa shape index (κ1) is 59.2. The summed E-state index contributed by atoms with van der Waals surface area (Å²) < 4.78 is 41.2. The molecule has 14 atom stereocenters. The molecule has 15 heteroatoms. The lowest BCUT2D eigenvalue weighted by atomic mass is 9.78. The van der Waals surface area contributed by atoms with Gasteiger partial charge >= 0.3 is 5.97 Å². The molecule has 3 heterocycles. The van der Waals surface area contributed by atoms with E-state index in [9.17, 15) is 34.2 Å². The van der Waals surface area contributed by atoms with Gasteiger partial charge in [0.2, 0.25) is 5.79 Å². The summed E-state index contributed by atoms with van der Waals surface area (Å²) in [6, 6.07) is -1.14. The van der Waals surface area contributed by atoms with E-state index in [1.54, 1.807) is 53.2 Å². The van der Waals surface area contributed by atoms with Crippen LogP contribution in [0, 0.1) is 35.5 Å². The largest absolute Gasteiger partial charge is 0.460 e. The molecule has 70 heavy (non-hydrogen) atoms. The Hall–Kier alpha value is -3.41. The lowest BCUT2D eigenvalue weighted by molar-refractivity contribution is -0.265. The van der Waals surface area contributed by atoms with Crippen molar-refractivity contribution in [2.45, 2.75) is 193 Å². The van der Waals surface area contributed by atoms with Crippen LogP contribution in [0.5, 0.6) is 0 Å². The van der Waals surface area contributed by atoms with E-state index < -0.39 is 65.7 Å². The fraction of sp³-hybridized carbons (Fsp3) is 0.764. The van der Waals surface area contributed by atoms with Gasteiger partial charge in [-0.3, -0.25) is 19.2 Å². The van der Waals surface area contributed by atoms with Crippen LogP contribution >= 0.6 is 0 Å². The Labute approximate surface area is 418 Å². The molecule has 0 spiro atoms. The maximum Gasteiger partial charge on any atom is 0.329 e. The fourth-order valence-corrected chi connectivity index (χ4v) is 10.6. The van der Waals surface area contributed by atoms with Crippen molar-refractivity contribution in [3.05, 3.63) is 48.1 Å². The van der Waals surface area contributed by atoms with Crippen LogP contribution in [0.25, 0.3) is 0 Å². The number of piperidine rings is 1. The summed E-state index contributed by atoms with van der Waals surface area (Å²) in [4.78, 5) is 71.8. The van der Waals surface area contributed by atoms with Gasteiger partial charge < -0.3 is 48.3 Å². The molecule has 2 N–H and O–H groups in total. The number of nitrogens with zero attached hydrogens (tertiary/aromatic N) is 1. The molecular formula is C55H87NO14. The Morgan fingerprint density at radius 1 is 0.900 bits per heavy atom. The minimum absolute atomic E-state index is 0.0541. The molecule has 14 unspecified atom stereocenters. The Balaban J connectivity index is 1.55. The lowest BCUT2D eigenvalue weighted by Gasteiger charge is -2.42. The molecule has 3 aliphatic heterocycles. The minimum Gasteiger partial charge on any atom is -0.460 e. The highest BCUT2D eigenvalue weighted by atomic mass is 16.6. The number of esters is 1. The second-order valence-electron chi connectivity index (χ2n) is 21.1. The number of likely N-dealkylation sites (tertiary alicyclic amines) is 1. The van der Waals surface area contributed by atoms with Crippen LogP contribution in [-0.4, -0.2) is 146 Å². The summed E-state index contributed by atoms with van der Waals surface area (Å²) in [6.45, 7) is 19.7. The van der Waals surface area contributed by atoms with Crippen molar-refractivity contribution in [2.75, 3.05) is 41.1 Å². The maximum absolute atomic E-state index is 14.5. The van der Waals surface area contributed by atoms with Crippen molar-refractivity contribution < 1.29 is 67.3 Å². The molecule has 4 fully saturated rings. The molecule has 4 aliphatic rings. The van der Waals surface area contributed by atoms with Gasteiger partial charge in [0.1, 0.15) is 24.4 Å². The number of ether oxygens (including phenoxy) is 7. The average molecular weight is 986 g/mol. The number of hydrogen-bond donors (Lipinski definition) is 2. The van der Waals surface area contributed by atoms with Gasteiger partial charge in [0.05, 0.1) is 43.7 Å². The zero-order valence-electron chi connectivity index (χ0n) is 44.1. The molecule has 0 aromatic rings. The molecule has 4 rings (SSSR count). The van der Waals surface area contributed by atoms with Crippen LogP contribution in [0.3, 0.4) is 0 Å². The van der Waals surface area contributed by atoms with Crippen LogP contribution in [0.15, 0.2) is 48.1 Å². The summed E-state index contributed by atoms with van der Waals surface area (Å²) in [6.07, 6.45) is 10.5. The highest BCUT2D eigenvalue weighted by Gasteiger charge is 2.53. The number of amides is 1. The Morgan fingerprint density at radius 2 is 1.61 bits per heavy atom. The molecule has 0 bridgehead atoms. The van der Waals surface area contributed by atoms with Gasteiger partial charge in [-0.05, 0) is 107 Å². The van der Waals surface area contributed by atoms with E-state index in [1.807, 2.05) is 46.8 Å². The number of rotatable bonds is 27. The predicted octanol–water partition coefficient (Wildman–Crippen LogP) is 7.24. The number of hydrogen-bond acceptors (Lipinski definition) is 14. The van der Waals surface area contributed by atoms with Crippen molar-refractivity contribution in [3.8, 4) is 0 Å². The first-order valence-corrected chi connectivity index (χ1v) is 25.9. The Kier molecular flexibility index (Phi) is 23.8. The molecule has 0 aromatic carbocycles. The predicted molar refractivity (Wildman–Crippen MR) is 265 cm³/mol. The van der Waals surface area contributed by atoms with E-state index in [0.29, 0.717) is 70.2 Å². The number of ketones is 3. The van der Waals surface area contributed by atoms with E-state index in [-0.39, 0.29) is 79.0 Å². The zero-order chi connectivity index (χ0) is 51.9. The molecule has 0 aromatic heterocycles. The van der Waals surface area contributed by atoms with Crippen LogP contribution in [0.4, 0.5) is 0 Å². The standard InChI is InChI=1S/C55H87NO14/c1-13-14-15-18-34(4)46(64-10)29-41-22-20-39(9)55(63,70-41)52(60)53(61)56-24-17-16-19-43(56)54(62)69-47(36(6)27-40-21-23-45(48(28-40)65-11)68-42-31-67-32-42)30-44(57)35(5)26-38(8)50(59)51(66-12)49(58)37(7)25-33(2)3/h13-15,18,26,33,36-43,45-48,50-51,59,63H,1,16-17,19-25,27-32H2,2-12H3/b15-14?,34-18?,35-26-. The SMILES string of the molecule is C=CC=CC=C(C)C(CC1CCC(C)C(O)(C(=O)C(=O)N2CCCCC2C(=O)OC(CC(=O)/C(C)=C\C(C)C(O)C(OC)C(=O)C(C)CC(C)C)C(C)CC2CCC(OC3COC3)C(OC)C2)O1)OC. The number of aliphatic hydroxyl groups excluding tert-OH is 1. The van der Waals surface area contributed by atoms with E-state index >= 15 is 0 Å². The number of carbonyl (C=O) groups is 5. The summed E-state index contributed by atoms with van der Waals surface area (Å²) in [5.41, 5.74) is 1.24. The van der Waals surface area contributed by atoms with E-state index in [1.165, 1.54) is 12.0 Å². The van der Waals surface area contributed by atoms with Gasteiger partial charge in [-0.2, -0.15) is 0 Å². The van der Waals surface area contributed by atoms with Gasteiger partial charge in [-0.1, -0.05) is 78.5 Å². The van der Waals surface area contributed by atoms with E-state index in [0.717, 1.165) is 18.4 Å². The molecular weight excluding hydrogens is 899 g/mol. The van der Waals surface area contributed by atoms with Gasteiger partial charge in [0, 0.05) is 58.5 Å². The summed E-state index contributed by atoms with van der Waals surface area (Å²) in [5.74, 6) is -7.39. The quantitative estimate of drug-likeness (QED) is 0.0362. The number of methoxy groups -OCH3 is 3. The third-order valence-corrected chi connectivity index (χ3v) is 15.1. The summed E-state index contributed by atoms with van der Waals surface area (Å²) in [7, 11) is 4.65. The zero-order valence-corrected chi connectivity index (χ0v) is 44.1. The van der Waals surface area contributed by atoms with Gasteiger partial charge in [-0.25, -0.2) is 4.79 Å². The number of carbonyl (C=O) groups excluding carboxylic acids is 5. The topological polar surface area (TPSA) is 194 Å². The number of allylic oxidation sites excluding steroid dienone is 5. The summed E-state index contributed by atoms with van der Waals surface area (Å²) >= 11 is 0. The first-order chi connectivity index (χ1) is 33.2. The molecule has 0 radical (unpaired) electrons. The van der Waals surface area contributed by atoms with E-state index in [2.05, 4.69) is 6.58 Å². The van der Waals surface area contributed by atoms with E-state index in [4.69, 9.17) is 33.2 Å². The van der Waals surface area contributed by atoms with Crippen LogP contribution in [-0.2, 0) is 57.1 Å². The molecule has 1 saturated carbocycles. The summed E-state index contributed by atoms with van der Waals surface area (Å²) in [5, 5.41) is 23.3. The van der Waals surface area contributed by atoms with Gasteiger partial charge in [0.25, 0.3) is 11.7 Å².